The highest BCUT2D eigenvalue weighted by Crippen LogP contribution is 2.46. The number of carbonyl (C=O) groups is 3. The number of aliphatic carboxylic acids is 1. The van der Waals surface area contributed by atoms with Gasteiger partial charge in [0.1, 0.15) is 0 Å². The fourth-order valence-corrected chi connectivity index (χ4v) is 3.39. The summed E-state index contributed by atoms with van der Waals surface area (Å²) >= 11 is 0. The fourth-order valence-electron chi connectivity index (χ4n) is 3.39. The first-order chi connectivity index (χ1) is 9.44. The highest BCUT2D eigenvalue weighted by molar-refractivity contribution is 6.06. The van der Waals surface area contributed by atoms with Crippen molar-refractivity contribution in [1.29, 1.82) is 0 Å². The van der Waals surface area contributed by atoms with Crippen molar-refractivity contribution >= 4 is 17.8 Å². The first kappa shape index (κ1) is 15.0. The Morgan fingerprint density at radius 1 is 1.30 bits per heavy atom. The van der Waals surface area contributed by atoms with E-state index in [1.54, 1.807) is 0 Å². The number of hydrogen-bond acceptors (Lipinski definition) is 3. The molecule has 1 saturated carbocycles. The number of imide groups is 1. The second-order valence-electron chi connectivity index (χ2n) is 6.34. The summed E-state index contributed by atoms with van der Waals surface area (Å²) in [5.74, 6) is -0.602. The molecule has 0 bridgehead atoms. The minimum absolute atomic E-state index is 0.0189. The third-order valence-electron chi connectivity index (χ3n) is 4.75. The van der Waals surface area contributed by atoms with Crippen LogP contribution in [-0.2, 0) is 14.4 Å². The fraction of sp³-hybridized carbons (Fsp3) is 0.800. The molecule has 1 unspecified atom stereocenters. The molecule has 112 valence electrons. The van der Waals surface area contributed by atoms with E-state index in [2.05, 4.69) is 0 Å². The second kappa shape index (κ2) is 5.94. The van der Waals surface area contributed by atoms with Gasteiger partial charge in [-0.2, -0.15) is 0 Å². The number of rotatable bonds is 6. The molecule has 1 spiro atoms. The van der Waals surface area contributed by atoms with Crippen LogP contribution in [0.25, 0.3) is 0 Å². The van der Waals surface area contributed by atoms with Gasteiger partial charge in [0.2, 0.25) is 11.8 Å². The summed E-state index contributed by atoms with van der Waals surface area (Å²) in [6.45, 7) is 2.42. The molecule has 1 aliphatic carbocycles. The molecule has 1 N–H and O–H groups in total. The highest BCUT2D eigenvalue weighted by atomic mass is 16.4. The van der Waals surface area contributed by atoms with Crippen LogP contribution in [0.4, 0.5) is 0 Å². The first-order valence-electron chi connectivity index (χ1n) is 7.51. The van der Waals surface area contributed by atoms with Crippen LogP contribution in [0.2, 0.25) is 0 Å². The predicted octanol–water partition coefficient (Wildman–Crippen LogP) is 2.20. The molecule has 1 saturated heterocycles. The topological polar surface area (TPSA) is 74.7 Å². The van der Waals surface area contributed by atoms with Crippen LogP contribution in [0.3, 0.4) is 0 Å². The van der Waals surface area contributed by atoms with E-state index in [9.17, 15) is 14.4 Å². The van der Waals surface area contributed by atoms with Crippen molar-refractivity contribution < 1.29 is 19.5 Å². The van der Waals surface area contributed by atoms with E-state index >= 15 is 0 Å². The molecule has 2 fully saturated rings. The minimum atomic E-state index is -0.796. The van der Waals surface area contributed by atoms with Crippen molar-refractivity contribution in [2.45, 2.75) is 58.3 Å². The SMILES string of the molecule is CC(CCC(=O)O)CCN1C(=O)CC2(CCCC2)C1=O. The third kappa shape index (κ3) is 3.02. The Kier molecular flexibility index (Phi) is 4.45. The number of carbonyl (C=O) groups excluding carboxylic acids is 2. The zero-order chi connectivity index (χ0) is 14.8. The number of nitrogens with zero attached hydrogens (tertiary/aromatic N) is 1. The van der Waals surface area contributed by atoms with Crippen molar-refractivity contribution in [3.8, 4) is 0 Å². The van der Waals surface area contributed by atoms with Gasteiger partial charge in [-0.1, -0.05) is 19.8 Å². The van der Waals surface area contributed by atoms with Crippen molar-refractivity contribution in [2.75, 3.05) is 6.54 Å². The summed E-state index contributed by atoms with van der Waals surface area (Å²) in [6, 6.07) is 0. The van der Waals surface area contributed by atoms with Crippen LogP contribution in [0.5, 0.6) is 0 Å². The zero-order valence-corrected chi connectivity index (χ0v) is 12.1. The van der Waals surface area contributed by atoms with Crippen LogP contribution in [0.1, 0.15) is 58.3 Å². The molecule has 20 heavy (non-hydrogen) atoms. The molecular formula is C15H23NO4. The number of carboxylic acid groups (broad SMARTS) is 1. The molecule has 0 aromatic heterocycles. The van der Waals surface area contributed by atoms with Crippen molar-refractivity contribution in [2.24, 2.45) is 11.3 Å². The van der Waals surface area contributed by atoms with Gasteiger partial charge in [-0.15, -0.1) is 0 Å². The summed E-state index contributed by atoms with van der Waals surface area (Å²) in [6.07, 6.45) is 5.61. The van der Waals surface area contributed by atoms with E-state index in [1.807, 2.05) is 6.92 Å². The lowest BCUT2D eigenvalue weighted by molar-refractivity contribution is -0.142. The Morgan fingerprint density at radius 3 is 2.55 bits per heavy atom. The molecular weight excluding hydrogens is 258 g/mol. The molecule has 5 heteroatoms. The van der Waals surface area contributed by atoms with E-state index in [0.717, 1.165) is 25.7 Å². The van der Waals surface area contributed by atoms with Gasteiger partial charge in [0, 0.05) is 19.4 Å². The second-order valence-corrected chi connectivity index (χ2v) is 6.34. The average molecular weight is 281 g/mol. The number of amides is 2. The summed E-state index contributed by atoms with van der Waals surface area (Å²) < 4.78 is 0. The lowest BCUT2D eigenvalue weighted by Crippen LogP contribution is -2.35. The normalized spacial score (nSPS) is 22.8. The molecule has 2 amide bonds. The Labute approximate surface area is 119 Å². The Bertz CT molecular complexity index is 412. The zero-order valence-electron chi connectivity index (χ0n) is 12.1. The number of likely N-dealkylation sites (tertiary alicyclic amines) is 1. The van der Waals surface area contributed by atoms with Crippen LogP contribution in [0, 0.1) is 11.3 Å². The summed E-state index contributed by atoms with van der Waals surface area (Å²) in [4.78, 5) is 36.4. The molecule has 0 radical (unpaired) electrons. The maximum absolute atomic E-state index is 12.4. The van der Waals surface area contributed by atoms with E-state index in [0.29, 0.717) is 25.8 Å². The van der Waals surface area contributed by atoms with Gasteiger partial charge in [-0.3, -0.25) is 19.3 Å². The highest BCUT2D eigenvalue weighted by Gasteiger charge is 2.52. The summed E-state index contributed by atoms with van der Waals surface area (Å²) in [7, 11) is 0. The summed E-state index contributed by atoms with van der Waals surface area (Å²) in [5, 5.41) is 8.65. The molecule has 5 nitrogen and oxygen atoms in total. The van der Waals surface area contributed by atoms with Crippen LogP contribution in [-0.4, -0.2) is 34.3 Å². The molecule has 1 aliphatic heterocycles. The maximum atomic E-state index is 12.4. The number of carboxylic acids is 1. The van der Waals surface area contributed by atoms with Crippen LogP contribution < -0.4 is 0 Å². The van der Waals surface area contributed by atoms with E-state index in [1.165, 1.54) is 4.90 Å². The monoisotopic (exact) mass is 281 g/mol. The third-order valence-corrected chi connectivity index (χ3v) is 4.75. The standard InChI is InChI=1S/C15H23NO4/c1-11(4-5-13(18)19)6-9-16-12(17)10-15(14(16)20)7-2-3-8-15/h11H,2-10H2,1H3,(H,18,19). The quantitative estimate of drug-likeness (QED) is 0.757. The molecule has 0 aromatic carbocycles. The van der Waals surface area contributed by atoms with Gasteiger partial charge in [-0.25, -0.2) is 0 Å². The molecule has 1 heterocycles. The van der Waals surface area contributed by atoms with Gasteiger partial charge < -0.3 is 5.11 Å². The predicted molar refractivity (Wildman–Crippen MR) is 72.9 cm³/mol. The van der Waals surface area contributed by atoms with E-state index < -0.39 is 5.97 Å². The van der Waals surface area contributed by atoms with E-state index in [-0.39, 0.29) is 29.6 Å². The molecule has 0 aromatic rings. The molecule has 1 atom stereocenters. The lowest BCUT2D eigenvalue weighted by atomic mass is 9.84. The number of hydrogen-bond donors (Lipinski definition) is 1. The first-order valence-corrected chi connectivity index (χ1v) is 7.51. The van der Waals surface area contributed by atoms with Gasteiger partial charge in [-0.05, 0) is 31.6 Å². The molecule has 2 aliphatic rings. The Balaban J connectivity index is 1.85. The van der Waals surface area contributed by atoms with Gasteiger partial charge in [0.05, 0.1) is 5.41 Å². The Hall–Kier alpha value is -1.39. The average Bonchev–Trinajstić information content (AvgIpc) is 2.93. The van der Waals surface area contributed by atoms with Gasteiger partial charge in [0.25, 0.3) is 0 Å². The van der Waals surface area contributed by atoms with Crippen molar-refractivity contribution in [1.82, 2.24) is 4.90 Å². The Morgan fingerprint density at radius 2 is 1.95 bits per heavy atom. The lowest BCUT2D eigenvalue weighted by Gasteiger charge is -2.22. The van der Waals surface area contributed by atoms with Crippen molar-refractivity contribution in [3.63, 3.8) is 0 Å². The van der Waals surface area contributed by atoms with Gasteiger partial charge in [0.15, 0.2) is 0 Å². The smallest absolute Gasteiger partial charge is 0.303 e. The van der Waals surface area contributed by atoms with Gasteiger partial charge >= 0.3 is 5.97 Å². The maximum Gasteiger partial charge on any atom is 0.303 e. The largest absolute Gasteiger partial charge is 0.481 e. The summed E-state index contributed by atoms with van der Waals surface area (Å²) in [5.41, 5.74) is -0.388. The minimum Gasteiger partial charge on any atom is -0.481 e. The van der Waals surface area contributed by atoms with Crippen LogP contribution in [0.15, 0.2) is 0 Å². The molecule has 2 rings (SSSR count). The van der Waals surface area contributed by atoms with Crippen molar-refractivity contribution in [3.05, 3.63) is 0 Å². The van der Waals surface area contributed by atoms with E-state index in [4.69, 9.17) is 5.11 Å². The van der Waals surface area contributed by atoms with Crippen LogP contribution >= 0.6 is 0 Å².